The molecule has 0 rings (SSSR count). The molecule has 0 heterocycles. The molecule has 14 nitrogen and oxygen atoms in total. The number of rotatable bonds is 16. The molecule has 0 aliphatic rings. The van der Waals surface area contributed by atoms with Gasteiger partial charge in [0.25, 0.3) is 0 Å². The maximum absolute atomic E-state index is 12.7. The molecule has 0 aromatic rings. The summed E-state index contributed by atoms with van der Waals surface area (Å²) in [6.07, 6.45) is -3.13. The molecule has 0 radical (unpaired) electrons. The SMILES string of the molecule is CC(C)CC(N)C(=O)NC(C(=O)NC(CCC(=O)O)C(=O)NC(CCC(=O)O)C(=O)O)C(C)O. The number of hydrogen-bond donors (Lipinski definition) is 8. The Bertz CT molecular complexity index is 756. The molecule has 0 spiro atoms. The van der Waals surface area contributed by atoms with E-state index in [0.717, 1.165) is 0 Å². The van der Waals surface area contributed by atoms with Crippen LogP contribution in [0.2, 0.25) is 0 Å². The first-order valence-corrected chi connectivity index (χ1v) is 10.7. The van der Waals surface area contributed by atoms with Crippen LogP contribution in [0.1, 0.15) is 52.9 Å². The summed E-state index contributed by atoms with van der Waals surface area (Å²) in [4.78, 5) is 70.6. The predicted octanol–water partition coefficient (Wildman–Crippen LogP) is -1.99. The molecule has 34 heavy (non-hydrogen) atoms. The van der Waals surface area contributed by atoms with Gasteiger partial charge in [-0.3, -0.25) is 24.0 Å². The maximum Gasteiger partial charge on any atom is 0.326 e. The zero-order valence-corrected chi connectivity index (χ0v) is 19.3. The Balaban J connectivity index is 5.51. The molecule has 5 unspecified atom stereocenters. The van der Waals surface area contributed by atoms with Crippen molar-refractivity contribution >= 4 is 35.6 Å². The molecule has 0 aromatic carbocycles. The van der Waals surface area contributed by atoms with Gasteiger partial charge in [0, 0.05) is 12.8 Å². The molecular weight excluding hydrogens is 456 g/mol. The van der Waals surface area contributed by atoms with Crippen molar-refractivity contribution in [1.29, 1.82) is 0 Å². The van der Waals surface area contributed by atoms with Gasteiger partial charge in [-0.1, -0.05) is 13.8 Å². The third-order valence-electron chi connectivity index (χ3n) is 4.67. The second-order valence-corrected chi connectivity index (χ2v) is 8.29. The topological polar surface area (TPSA) is 245 Å². The number of nitrogens with two attached hydrogens (primary N) is 1. The van der Waals surface area contributed by atoms with E-state index in [9.17, 15) is 39.0 Å². The quantitative estimate of drug-likeness (QED) is 0.118. The van der Waals surface area contributed by atoms with Gasteiger partial charge >= 0.3 is 17.9 Å². The van der Waals surface area contributed by atoms with Gasteiger partial charge in [-0.2, -0.15) is 0 Å². The minimum absolute atomic E-state index is 0.0759. The first-order chi connectivity index (χ1) is 15.6. The number of carbonyl (C=O) groups excluding carboxylic acids is 3. The van der Waals surface area contributed by atoms with Crippen molar-refractivity contribution < 1.29 is 49.2 Å². The molecule has 0 aliphatic heterocycles. The van der Waals surface area contributed by atoms with E-state index < -0.39 is 91.6 Å². The number of aliphatic hydroxyl groups excluding tert-OH is 1. The number of nitrogens with one attached hydrogen (secondary N) is 3. The Morgan fingerprint density at radius 1 is 0.735 bits per heavy atom. The lowest BCUT2D eigenvalue weighted by Gasteiger charge is -2.26. The lowest BCUT2D eigenvalue weighted by Crippen LogP contribution is -2.59. The van der Waals surface area contributed by atoms with Crippen molar-refractivity contribution in [2.24, 2.45) is 11.7 Å². The van der Waals surface area contributed by atoms with Crippen molar-refractivity contribution in [1.82, 2.24) is 16.0 Å². The first-order valence-electron chi connectivity index (χ1n) is 10.7. The summed E-state index contributed by atoms with van der Waals surface area (Å²) in [5.41, 5.74) is 5.78. The molecule has 0 saturated carbocycles. The van der Waals surface area contributed by atoms with Crippen LogP contribution in [-0.4, -0.2) is 86.3 Å². The van der Waals surface area contributed by atoms with Crippen LogP contribution >= 0.6 is 0 Å². The summed E-state index contributed by atoms with van der Waals surface area (Å²) in [5.74, 6) is -6.85. The van der Waals surface area contributed by atoms with E-state index in [1.807, 2.05) is 13.8 Å². The zero-order chi connectivity index (χ0) is 26.6. The van der Waals surface area contributed by atoms with Crippen molar-refractivity contribution in [2.45, 2.75) is 83.1 Å². The van der Waals surface area contributed by atoms with Crippen LogP contribution in [0.3, 0.4) is 0 Å². The number of carboxylic acids is 3. The van der Waals surface area contributed by atoms with Gasteiger partial charge in [-0.25, -0.2) is 4.79 Å². The molecule has 9 N–H and O–H groups in total. The van der Waals surface area contributed by atoms with E-state index in [1.165, 1.54) is 6.92 Å². The highest BCUT2D eigenvalue weighted by atomic mass is 16.4. The lowest BCUT2D eigenvalue weighted by atomic mass is 10.0. The Morgan fingerprint density at radius 3 is 1.62 bits per heavy atom. The Kier molecular flexibility index (Phi) is 13.4. The highest BCUT2D eigenvalue weighted by molar-refractivity contribution is 5.94. The van der Waals surface area contributed by atoms with Crippen molar-refractivity contribution in [3.8, 4) is 0 Å². The smallest absolute Gasteiger partial charge is 0.326 e. The highest BCUT2D eigenvalue weighted by Crippen LogP contribution is 2.06. The van der Waals surface area contributed by atoms with Gasteiger partial charge in [0.15, 0.2) is 0 Å². The second-order valence-electron chi connectivity index (χ2n) is 8.29. The monoisotopic (exact) mass is 490 g/mol. The molecule has 194 valence electrons. The third kappa shape index (κ3) is 12.1. The van der Waals surface area contributed by atoms with E-state index in [2.05, 4.69) is 16.0 Å². The Labute approximate surface area is 196 Å². The van der Waals surface area contributed by atoms with E-state index >= 15 is 0 Å². The summed E-state index contributed by atoms with van der Waals surface area (Å²) in [5, 5.41) is 43.4. The van der Waals surface area contributed by atoms with Gasteiger partial charge in [-0.15, -0.1) is 0 Å². The van der Waals surface area contributed by atoms with Crippen molar-refractivity contribution in [3.63, 3.8) is 0 Å². The number of aliphatic hydroxyl groups is 1. The van der Waals surface area contributed by atoms with Gasteiger partial charge in [0.05, 0.1) is 12.1 Å². The molecular formula is C20H34N4O10. The minimum Gasteiger partial charge on any atom is -0.481 e. The highest BCUT2D eigenvalue weighted by Gasteiger charge is 2.32. The summed E-state index contributed by atoms with van der Waals surface area (Å²) < 4.78 is 0. The Hall–Kier alpha value is -3.26. The average Bonchev–Trinajstić information content (AvgIpc) is 2.70. The van der Waals surface area contributed by atoms with Crippen LogP contribution in [0.4, 0.5) is 0 Å². The average molecular weight is 491 g/mol. The number of carbonyl (C=O) groups is 6. The number of carboxylic acid groups (broad SMARTS) is 3. The molecule has 14 heteroatoms. The maximum atomic E-state index is 12.7. The molecule has 0 fully saturated rings. The van der Waals surface area contributed by atoms with Crippen LogP contribution in [0.25, 0.3) is 0 Å². The van der Waals surface area contributed by atoms with Gasteiger partial charge < -0.3 is 42.1 Å². The standard InChI is InChI=1S/C20H34N4O10/c1-9(2)8-11(21)17(30)24-16(10(3)25)19(32)22-12(4-6-14(26)27)18(31)23-13(20(33)34)5-7-15(28)29/h9-13,16,25H,4-8,21H2,1-3H3,(H,22,32)(H,23,31)(H,24,30)(H,26,27)(H,28,29)(H,33,34). The molecule has 5 atom stereocenters. The van der Waals surface area contributed by atoms with Crippen LogP contribution in [0.5, 0.6) is 0 Å². The fraction of sp³-hybridized carbons (Fsp3) is 0.700. The number of hydrogen-bond acceptors (Lipinski definition) is 8. The third-order valence-corrected chi connectivity index (χ3v) is 4.67. The fourth-order valence-corrected chi connectivity index (χ4v) is 2.88. The van der Waals surface area contributed by atoms with Crippen LogP contribution < -0.4 is 21.7 Å². The van der Waals surface area contributed by atoms with E-state index in [-0.39, 0.29) is 5.92 Å². The number of aliphatic carboxylic acids is 3. The first kappa shape index (κ1) is 30.7. The summed E-state index contributed by atoms with van der Waals surface area (Å²) in [6, 6.07) is -5.65. The molecule has 0 aliphatic carbocycles. The lowest BCUT2D eigenvalue weighted by molar-refractivity contribution is -0.144. The van der Waals surface area contributed by atoms with Crippen molar-refractivity contribution in [2.75, 3.05) is 0 Å². The van der Waals surface area contributed by atoms with Crippen LogP contribution in [-0.2, 0) is 28.8 Å². The van der Waals surface area contributed by atoms with Crippen LogP contribution in [0.15, 0.2) is 0 Å². The summed E-state index contributed by atoms with van der Waals surface area (Å²) in [6.45, 7) is 4.87. The van der Waals surface area contributed by atoms with Gasteiger partial charge in [0.2, 0.25) is 17.7 Å². The van der Waals surface area contributed by atoms with E-state index in [1.54, 1.807) is 0 Å². The molecule has 0 bridgehead atoms. The molecule has 3 amide bonds. The zero-order valence-electron chi connectivity index (χ0n) is 19.3. The molecule has 0 aromatic heterocycles. The minimum atomic E-state index is -1.60. The predicted molar refractivity (Wildman–Crippen MR) is 116 cm³/mol. The van der Waals surface area contributed by atoms with Crippen LogP contribution in [0, 0.1) is 5.92 Å². The van der Waals surface area contributed by atoms with Crippen molar-refractivity contribution in [3.05, 3.63) is 0 Å². The summed E-state index contributed by atoms with van der Waals surface area (Å²) in [7, 11) is 0. The van der Waals surface area contributed by atoms with Gasteiger partial charge in [-0.05, 0) is 32.1 Å². The van der Waals surface area contributed by atoms with Gasteiger partial charge in [0.1, 0.15) is 18.1 Å². The molecule has 0 saturated heterocycles. The normalized spacial score (nSPS) is 15.4. The second kappa shape index (κ2) is 14.8. The van der Waals surface area contributed by atoms with E-state index in [0.29, 0.717) is 6.42 Å². The Morgan fingerprint density at radius 2 is 1.21 bits per heavy atom. The fourth-order valence-electron chi connectivity index (χ4n) is 2.88. The van der Waals surface area contributed by atoms with E-state index in [4.69, 9.17) is 15.9 Å². The summed E-state index contributed by atoms with van der Waals surface area (Å²) >= 11 is 0. The largest absolute Gasteiger partial charge is 0.481 e. The number of amides is 3.